The number of non-ortho nitro benzene ring substituents is 1. The molecule has 0 saturated carbocycles. The van der Waals surface area contributed by atoms with Gasteiger partial charge in [0.05, 0.1) is 4.92 Å². The van der Waals surface area contributed by atoms with Gasteiger partial charge in [0.1, 0.15) is 11.5 Å². The Balaban J connectivity index is 1.73. The summed E-state index contributed by atoms with van der Waals surface area (Å²) in [5.41, 5.74) is 4.10. The Morgan fingerprint density at radius 1 is 1.15 bits per heavy atom. The lowest BCUT2D eigenvalue weighted by molar-refractivity contribution is -0.384. The highest BCUT2D eigenvalue weighted by molar-refractivity contribution is 5.96. The van der Waals surface area contributed by atoms with Gasteiger partial charge in [-0.05, 0) is 37.3 Å². The number of hydrogen-bond donors (Lipinski definition) is 2. The number of rotatable bonds is 6. The highest BCUT2D eigenvalue weighted by Crippen LogP contribution is 2.11. The summed E-state index contributed by atoms with van der Waals surface area (Å²) in [6.45, 7) is 1.14. The van der Waals surface area contributed by atoms with E-state index < -0.39 is 29.3 Å². The van der Waals surface area contributed by atoms with E-state index in [1.54, 1.807) is 19.1 Å². The molecule has 1 aromatic carbocycles. The SMILES string of the molecule is Cc1ccc(C=CC(=O)OCC(=O)NNC(=O)c2ccc([N+](=O)[O-])cc2)o1. The maximum Gasteiger partial charge on any atom is 0.331 e. The number of carbonyl (C=O) groups excluding carboxylic acids is 3. The van der Waals surface area contributed by atoms with E-state index in [-0.39, 0.29) is 11.3 Å². The molecule has 0 aliphatic rings. The first kappa shape index (κ1) is 19.4. The molecular formula is C17H15N3O7. The van der Waals surface area contributed by atoms with Crippen molar-refractivity contribution in [3.05, 3.63) is 69.7 Å². The predicted molar refractivity (Wildman–Crippen MR) is 92.1 cm³/mol. The maximum atomic E-state index is 11.8. The Morgan fingerprint density at radius 3 is 2.44 bits per heavy atom. The van der Waals surface area contributed by atoms with Crippen molar-refractivity contribution in [1.82, 2.24) is 10.9 Å². The first-order chi connectivity index (χ1) is 12.8. The molecule has 0 unspecified atom stereocenters. The molecule has 10 heteroatoms. The minimum Gasteiger partial charge on any atom is -0.462 e. The zero-order valence-electron chi connectivity index (χ0n) is 14.1. The quantitative estimate of drug-likeness (QED) is 0.338. The number of nitro groups is 1. The van der Waals surface area contributed by atoms with E-state index in [9.17, 15) is 24.5 Å². The summed E-state index contributed by atoms with van der Waals surface area (Å²) in [4.78, 5) is 44.8. The summed E-state index contributed by atoms with van der Waals surface area (Å²) in [6, 6.07) is 8.18. The van der Waals surface area contributed by atoms with Gasteiger partial charge < -0.3 is 9.15 Å². The number of furan rings is 1. The molecule has 27 heavy (non-hydrogen) atoms. The average molecular weight is 373 g/mol. The van der Waals surface area contributed by atoms with Crippen LogP contribution in [0.25, 0.3) is 6.08 Å². The zero-order chi connectivity index (χ0) is 19.8. The molecule has 0 spiro atoms. The summed E-state index contributed by atoms with van der Waals surface area (Å²) in [5, 5.41) is 10.5. The maximum absolute atomic E-state index is 11.8. The number of ether oxygens (including phenoxy) is 1. The molecular weight excluding hydrogens is 358 g/mol. The van der Waals surface area contributed by atoms with Crippen LogP contribution < -0.4 is 10.9 Å². The number of esters is 1. The van der Waals surface area contributed by atoms with Crippen LogP contribution >= 0.6 is 0 Å². The van der Waals surface area contributed by atoms with Gasteiger partial charge in [-0.3, -0.25) is 30.6 Å². The average Bonchev–Trinajstić information content (AvgIpc) is 3.08. The Bertz CT molecular complexity index is 884. The van der Waals surface area contributed by atoms with Gasteiger partial charge in [-0.15, -0.1) is 0 Å². The van der Waals surface area contributed by atoms with E-state index in [2.05, 4.69) is 10.9 Å². The molecule has 0 radical (unpaired) electrons. The zero-order valence-corrected chi connectivity index (χ0v) is 14.1. The van der Waals surface area contributed by atoms with Gasteiger partial charge in [0.15, 0.2) is 6.61 Å². The fourth-order valence-electron chi connectivity index (χ4n) is 1.85. The van der Waals surface area contributed by atoms with Gasteiger partial charge in [0.25, 0.3) is 17.5 Å². The second-order valence-electron chi connectivity index (χ2n) is 5.20. The minimum atomic E-state index is -0.763. The van der Waals surface area contributed by atoms with Gasteiger partial charge in [0, 0.05) is 23.8 Å². The number of amides is 2. The van der Waals surface area contributed by atoms with E-state index in [1.165, 1.54) is 18.2 Å². The molecule has 140 valence electrons. The molecule has 2 amide bonds. The van der Waals surface area contributed by atoms with Crippen molar-refractivity contribution in [1.29, 1.82) is 0 Å². The van der Waals surface area contributed by atoms with E-state index in [4.69, 9.17) is 9.15 Å². The van der Waals surface area contributed by atoms with Crippen LogP contribution in [0.3, 0.4) is 0 Å². The molecule has 1 heterocycles. The van der Waals surface area contributed by atoms with Crippen LogP contribution in [0.2, 0.25) is 0 Å². The van der Waals surface area contributed by atoms with E-state index in [1.807, 2.05) is 0 Å². The number of nitrogens with zero attached hydrogens (tertiary/aromatic N) is 1. The number of nitrogens with one attached hydrogen (secondary N) is 2. The van der Waals surface area contributed by atoms with Crippen molar-refractivity contribution in [3.8, 4) is 0 Å². The lowest BCUT2D eigenvalue weighted by atomic mass is 10.2. The third-order valence-electron chi connectivity index (χ3n) is 3.15. The minimum absolute atomic E-state index is 0.106. The lowest BCUT2D eigenvalue weighted by Crippen LogP contribution is -2.43. The number of benzene rings is 1. The van der Waals surface area contributed by atoms with Crippen LogP contribution in [-0.2, 0) is 14.3 Å². The topological polar surface area (TPSA) is 141 Å². The second-order valence-corrected chi connectivity index (χ2v) is 5.20. The summed E-state index contributed by atoms with van der Waals surface area (Å²) in [5.74, 6) is -1.06. The van der Waals surface area contributed by atoms with Crippen molar-refractivity contribution in [2.75, 3.05) is 6.61 Å². The number of hydrazine groups is 1. The van der Waals surface area contributed by atoms with Gasteiger partial charge in [0.2, 0.25) is 0 Å². The number of hydrogen-bond acceptors (Lipinski definition) is 7. The van der Waals surface area contributed by atoms with Crippen LogP contribution in [0.1, 0.15) is 21.9 Å². The Labute approximate surface area is 152 Å². The van der Waals surface area contributed by atoms with Crippen molar-refractivity contribution < 1.29 is 28.5 Å². The summed E-state index contributed by atoms with van der Waals surface area (Å²) >= 11 is 0. The normalized spacial score (nSPS) is 10.4. The van der Waals surface area contributed by atoms with Crippen LogP contribution in [-0.4, -0.2) is 29.3 Å². The molecule has 0 fully saturated rings. The fraction of sp³-hybridized carbons (Fsp3) is 0.118. The van der Waals surface area contributed by atoms with Crippen molar-refractivity contribution in [2.45, 2.75) is 6.92 Å². The van der Waals surface area contributed by atoms with E-state index in [0.29, 0.717) is 11.5 Å². The largest absolute Gasteiger partial charge is 0.462 e. The van der Waals surface area contributed by atoms with Gasteiger partial charge in [-0.1, -0.05) is 0 Å². The van der Waals surface area contributed by atoms with Crippen LogP contribution in [0, 0.1) is 17.0 Å². The third-order valence-corrected chi connectivity index (χ3v) is 3.15. The summed E-state index contributed by atoms with van der Waals surface area (Å²) in [6.07, 6.45) is 2.49. The molecule has 0 bridgehead atoms. The Morgan fingerprint density at radius 2 is 1.85 bits per heavy atom. The molecule has 0 saturated heterocycles. The molecule has 2 N–H and O–H groups in total. The number of nitro benzene ring substituents is 1. The molecule has 10 nitrogen and oxygen atoms in total. The fourth-order valence-corrected chi connectivity index (χ4v) is 1.85. The molecule has 0 aliphatic heterocycles. The number of aryl methyl sites for hydroxylation is 1. The van der Waals surface area contributed by atoms with Gasteiger partial charge in [-0.25, -0.2) is 4.79 Å². The highest BCUT2D eigenvalue weighted by Gasteiger charge is 2.11. The first-order valence-electron chi connectivity index (χ1n) is 7.60. The standard InChI is InChI=1S/C17H15N3O7/c1-11-2-7-14(27-11)8-9-16(22)26-10-15(21)18-19-17(23)12-3-5-13(6-4-12)20(24)25/h2-9H,10H2,1H3,(H,18,21)(H,19,23). The van der Waals surface area contributed by atoms with Crippen LogP contribution in [0.5, 0.6) is 0 Å². The Kier molecular flexibility index (Phi) is 6.42. The molecule has 2 rings (SSSR count). The van der Waals surface area contributed by atoms with Gasteiger partial charge >= 0.3 is 5.97 Å². The van der Waals surface area contributed by atoms with E-state index >= 15 is 0 Å². The second kappa shape index (κ2) is 8.94. The van der Waals surface area contributed by atoms with E-state index in [0.717, 1.165) is 18.2 Å². The van der Waals surface area contributed by atoms with Crippen LogP contribution in [0.4, 0.5) is 5.69 Å². The smallest absolute Gasteiger partial charge is 0.331 e. The predicted octanol–water partition coefficient (Wildman–Crippen LogP) is 1.51. The molecule has 1 aromatic heterocycles. The van der Waals surface area contributed by atoms with Crippen molar-refractivity contribution >= 4 is 29.5 Å². The molecule has 0 atom stereocenters. The van der Waals surface area contributed by atoms with Gasteiger partial charge in [-0.2, -0.15) is 0 Å². The summed E-state index contributed by atoms with van der Waals surface area (Å²) < 4.78 is 9.93. The van der Waals surface area contributed by atoms with Crippen LogP contribution in [0.15, 0.2) is 46.9 Å². The molecule has 2 aromatic rings. The Hall–Kier alpha value is -3.95. The number of carbonyl (C=O) groups is 3. The third kappa shape index (κ3) is 6.12. The molecule has 0 aliphatic carbocycles. The monoisotopic (exact) mass is 373 g/mol. The lowest BCUT2D eigenvalue weighted by Gasteiger charge is -2.07. The first-order valence-corrected chi connectivity index (χ1v) is 7.60. The van der Waals surface area contributed by atoms with Crippen molar-refractivity contribution in [3.63, 3.8) is 0 Å². The highest BCUT2D eigenvalue weighted by atomic mass is 16.6. The summed E-state index contributed by atoms with van der Waals surface area (Å²) in [7, 11) is 0. The van der Waals surface area contributed by atoms with Crippen molar-refractivity contribution in [2.24, 2.45) is 0 Å².